The molecule has 2 aromatic rings. The molecule has 0 fully saturated rings. The SMILES string of the molecule is Cc1cccc(C)c1NC(=O)CSCc1ccc(C#N)cc1. The average Bonchev–Trinajstić information content (AvgIpc) is 2.52. The monoisotopic (exact) mass is 310 g/mol. The Bertz CT molecular complexity index is 682. The highest BCUT2D eigenvalue weighted by atomic mass is 32.2. The quantitative estimate of drug-likeness (QED) is 0.906. The molecule has 0 radical (unpaired) electrons. The van der Waals surface area contributed by atoms with Gasteiger partial charge in [-0.25, -0.2) is 0 Å². The summed E-state index contributed by atoms with van der Waals surface area (Å²) >= 11 is 1.56. The zero-order valence-corrected chi connectivity index (χ0v) is 13.5. The number of nitriles is 1. The van der Waals surface area contributed by atoms with Crippen molar-refractivity contribution in [1.29, 1.82) is 5.26 Å². The number of thioether (sulfide) groups is 1. The second kappa shape index (κ2) is 7.67. The van der Waals surface area contributed by atoms with Gasteiger partial charge in [0.1, 0.15) is 0 Å². The molecule has 0 aliphatic rings. The van der Waals surface area contributed by atoms with E-state index in [2.05, 4.69) is 11.4 Å². The van der Waals surface area contributed by atoms with Gasteiger partial charge in [0.2, 0.25) is 5.91 Å². The third kappa shape index (κ3) is 4.37. The van der Waals surface area contributed by atoms with E-state index >= 15 is 0 Å². The highest BCUT2D eigenvalue weighted by molar-refractivity contribution is 7.99. The second-order valence-corrected chi connectivity index (χ2v) is 6.10. The average molecular weight is 310 g/mol. The van der Waals surface area contributed by atoms with Crippen molar-refractivity contribution < 1.29 is 4.79 Å². The van der Waals surface area contributed by atoms with Crippen LogP contribution in [0.2, 0.25) is 0 Å². The fraction of sp³-hybridized carbons (Fsp3) is 0.222. The third-order valence-electron chi connectivity index (χ3n) is 3.33. The fourth-order valence-electron chi connectivity index (χ4n) is 2.12. The van der Waals surface area contributed by atoms with Crippen LogP contribution in [-0.4, -0.2) is 11.7 Å². The lowest BCUT2D eigenvalue weighted by atomic mass is 10.1. The van der Waals surface area contributed by atoms with Gasteiger partial charge < -0.3 is 5.32 Å². The van der Waals surface area contributed by atoms with E-state index in [1.165, 1.54) is 0 Å². The van der Waals surface area contributed by atoms with E-state index in [9.17, 15) is 4.79 Å². The highest BCUT2D eigenvalue weighted by Crippen LogP contribution is 2.20. The number of anilines is 1. The Morgan fingerprint density at radius 1 is 1.14 bits per heavy atom. The van der Waals surface area contributed by atoms with Gasteiger partial charge in [-0.05, 0) is 42.7 Å². The van der Waals surface area contributed by atoms with Crippen molar-refractivity contribution in [1.82, 2.24) is 0 Å². The molecule has 3 nitrogen and oxygen atoms in total. The van der Waals surface area contributed by atoms with Crippen molar-refractivity contribution in [2.45, 2.75) is 19.6 Å². The molecule has 1 N–H and O–H groups in total. The van der Waals surface area contributed by atoms with E-state index in [0.717, 1.165) is 28.1 Å². The van der Waals surface area contributed by atoms with Crippen LogP contribution in [0, 0.1) is 25.2 Å². The molecule has 112 valence electrons. The van der Waals surface area contributed by atoms with Crippen LogP contribution in [0.3, 0.4) is 0 Å². The zero-order chi connectivity index (χ0) is 15.9. The molecule has 2 rings (SSSR count). The topological polar surface area (TPSA) is 52.9 Å². The number of para-hydroxylation sites is 1. The Morgan fingerprint density at radius 3 is 2.36 bits per heavy atom. The van der Waals surface area contributed by atoms with Crippen molar-refractivity contribution in [3.05, 3.63) is 64.7 Å². The second-order valence-electron chi connectivity index (χ2n) is 5.12. The molecule has 2 aromatic carbocycles. The van der Waals surface area contributed by atoms with Gasteiger partial charge in [-0.2, -0.15) is 5.26 Å². The van der Waals surface area contributed by atoms with Crippen LogP contribution in [-0.2, 0) is 10.5 Å². The normalized spacial score (nSPS) is 10.0. The maximum atomic E-state index is 12.0. The van der Waals surface area contributed by atoms with Crippen LogP contribution in [0.5, 0.6) is 0 Å². The summed E-state index contributed by atoms with van der Waals surface area (Å²) in [5.74, 6) is 1.18. The lowest BCUT2D eigenvalue weighted by Gasteiger charge is -2.11. The number of hydrogen-bond acceptors (Lipinski definition) is 3. The molecule has 22 heavy (non-hydrogen) atoms. The number of carbonyl (C=O) groups is 1. The molecule has 0 saturated heterocycles. The van der Waals surface area contributed by atoms with E-state index in [1.807, 2.05) is 44.2 Å². The lowest BCUT2D eigenvalue weighted by molar-refractivity contribution is -0.113. The Kier molecular flexibility index (Phi) is 5.62. The maximum Gasteiger partial charge on any atom is 0.234 e. The van der Waals surface area contributed by atoms with Gasteiger partial charge >= 0.3 is 0 Å². The first-order valence-electron chi connectivity index (χ1n) is 7.03. The number of rotatable bonds is 5. The summed E-state index contributed by atoms with van der Waals surface area (Å²) in [6.45, 7) is 3.99. The number of hydrogen-bond donors (Lipinski definition) is 1. The number of nitrogens with zero attached hydrogens (tertiary/aromatic N) is 1. The number of carbonyl (C=O) groups excluding carboxylic acids is 1. The van der Waals surface area contributed by atoms with Gasteiger partial charge in [0.15, 0.2) is 0 Å². The van der Waals surface area contributed by atoms with E-state index in [-0.39, 0.29) is 5.91 Å². The summed E-state index contributed by atoms with van der Waals surface area (Å²) < 4.78 is 0. The fourth-order valence-corrected chi connectivity index (χ4v) is 2.91. The molecule has 0 saturated carbocycles. The summed E-state index contributed by atoms with van der Waals surface area (Å²) in [4.78, 5) is 12.0. The van der Waals surface area contributed by atoms with Gasteiger partial charge in [-0.1, -0.05) is 30.3 Å². The van der Waals surface area contributed by atoms with Crippen LogP contribution in [0.15, 0.2) is 42.5 Å². The number of aryl methyl sites for hydroxylation is 2. The first-order valence-corrected chi connectivity index (χ1v) is 8.18. The number of amides is 1. The maximum absolute atomic E-state index is 12.0. The first-order chi connectivity index (χ1) is 10.6. The molecule has 1 amide bonds. The minimum Gasteiger partial charge on any atom is -0.325 e. The molecule has 0 aliphatic heterocycles. The summed E-state index contributed by atoms with van der Waals surface area (Å²) in [5, 5.41) is 11.7. The van der Waals surface area contributed by atoms with Gasteiger partial charge in [-0.3, -0.25) is 4.79 Å². The molecular weight excluding hydrogens is 292 g/mol. The first kappa shape index (κ1) is 16.1. The molecule has 0 aromatic heterocycles. The molecule has 0 bridgehead atoms. The predicted octanol–water partition coefficient (Wildman–Crippen LogP) is 4.05. The Labute approximate surface area is 135 Å². The summed E-state index contributed by atoms with van der Waals surface area (Å²) in [7, 11) is 0. The van der Waals surface area contributed by atoms with Gasteiger partial charge in [0, 0.05) is 11.4 Å². The highest BCUT2D eigenvalue weighted by Gasteiger charge is 2.07. The molecule has 0 aliphatic carbocycles. The predicted molar refractivity (Wildman–Crippen MR) is 91.9 cm³/mol. The smallest absolute Gasteiger partial charge is 0.234 e. The van der Waals surface area contributed by atoms with Crippen molar-refractivity contribution in [2.75, 3.05) is 11.1 Å². The molecular formula is C18H18N2OS. The standard InChI is InChI=1S/C18H18N2OS/c1-13-4-3-5-14(2)18(13)20-17(21)12-22-11-16-8-6-15(10-19)7-9-16/h3-9H,11-12H2,1-2H3,(H,20,21). The summed E-state index contributed by atoms with van der Waals surface area (Å²) in [6.07, 6.45) is 0. The van der Waals surface area contributed by atoms with Crippen LogP contribution in [0.25, 0.3) is 0 Å². The van der Waals surface area contributed by atoms with Gasteiger partial charge in [-0.15, -0.1) is 11.8 Å². The van der Waals surface area contributed by atoms with Crippen LogP contribution in [0.4, 0.5) is 5.69 Å². The number of benzene rings is 2. The summed E-state index contributed by atoms with van der Waals surface area (Å²) in [6, 6.07) is 15.5. The van der Waals surface area contributed by atoms with Crippen LogP contribution in [0.1, 0.15) is 22.3 Å². The van der Waals surface area contributed by atoms with Crippen molar-refractivity contribution in [2.24, 2.45) is 0 Å². The van der Waals surface area contributed by atoms with E-state index < -0.39 is 0 Å². The van der Waals surface area contributed by atoms with Gasteiger partial charge in [0.05, 0.1) is 17.4 Å². The lowest BCUT2D eigenvalue weighted by Crippen LogP contribution is -2.15. The molecule has 4 heteroatoms. The zero-order valence-electron chi connectivity index (χ0n) is 12.7. The molecule has 0 atom stereocenters. The minimum absolute atomic E-state index is 0.0102. The van der Waals surface area contributed by atoms with E-state index in [4.69, 9.17) is 5.26 Å². The summed E-state index contributed by atoms with van der Waals surface area (Å²) in [5.41, 5.74) is 4.83. The third-order valence-corrected chi connectivity index (χ3v) is 4.33. The van der Waals surface area contributed by atoms with Crippen LogP contribution < -0.4 is 5.32 Å². The van der Waals surface area contributed by atoms with Gasteiger partial charge in [0.25, 0.3) is 0 Å². The van der Waals surface area contributed by atoms with Crippen molar-refractivity contribution >= 4 is 23.4 Å². The molecule has 0 unspecified atom stereocenters. The minimum atomic E-state index is 0.0102. The Hall–Kier alpha value is -2.25. The largest absolute Gasteiger partial charge is 0.325 e. The van der Waals surface area contributed by atoms with E-state index in [1.54, 1.807) is 23.9 Å². The Morgan fingerprint density at radius 2 is 1.77 bits per heavy atom. The van der Waals surface area contributed by atoms with E-state index in [0.29, 0.717) is 11.3 Å². The number of nitrogens with one attached hydrogen (secondary N) is 1. The molecule has 0 spiro atoms. The van der Waals surface area contributed by atoms with Crippen molar-refractivity contribution in [3.63, 3.8) is 0 Å². The molecule has 0 heterocycles. The van der Waals surface area contributed by atoms with Crippen LogP contribution >= 0.6 is 11.8 Å². The Balaban J connectivity index is 1.84. The van der Waals surface area contributed by atoms with Crippen molar-refractivity contribution in [3.8, 4) is 6.07 Å².